The Morgan fingerprint density at radius 1 is 0.327 bits per heavy atom. The predicted octanol–water partition coefficient (Wildman–Crippen LogP) is 13.9. The van der Waals surface area contributed by atoms with Gasteiger partial charge in [0.05, 0.1) is 11.4 Å². The summed E-state index contributed by atoms with van der Waals surface area (Å²) in [7, 11) is 0. The van der Waals surface area contributed by atoms with E-state index in [1.807, 2.05) is 6.07 Å². The van der Waals surface area contributed by atoms with Crippen LogP contribution < -0.4 is 0 Å². The maximum Gasteiger partial charge on any atom is 0.160 e. The van der Waals surface area contributed by atoms with E-state index in [1.54, 1.807) is 0 Å². The zero-order valence-electron chi connectivity index (χ0n) is 30.9. The van der Waals surface area contributed by atoms with Crippen molar-refractivity contribution in [3.63, 3.8) is 0 Å². The highest BCUT2D eigenvalue weighted by Crippen LogP contribution is 2.54. The van der Waals surface area contributed by atoms with Gasteiger partial charge in [0.15, 0.2) is 5.82 Å². The Hall–Kier alpha value is -6.90. The molecule has 0 aliphatic heterocycles. The molecule has 0 saturated heterocycles. The van der Waals surface area contributed by atoms with E-state index < -0.39 is 0 Å². The standard InChI is InChI=1S/C53H38N2/c1-53(2)47-28-16-27-44(51(47)46-32-38-23-12-13-24-39(38)33-48(46)53)41-25-14-15-26-42(41)49-34-50(55-52(54-49)37-21-10-5-11-22-37)43-30-29-40(35-17-6-3-7-18-35)31-45(43)36-19-8-4-9-20-36/h3-34H,1-2H3. The lowest BCUT2D eigenvalue weighted by Gasteiger charge is -2.22. The summed E-state index contributed by atoms with van der Waals surface area (Å²) in [5.41, 5.74) is 17.1. The topological polar surface area (TPSA) is 25.8 Å². The highest BCUT2D eigenvalue weighted by atomic mass is 14.9. The van der Waals surface area contributed by atoms with E-state index in [4.69, 9.17) is 9.97 Å². The van der Waals surface area contributed by atoms with Gasteiger partial charge in [0.1, 0.15) is 0 Å². The van der Waals surface area contributed by atoms with Crippen molar-refractivity contribution in [3.05, 3.63) is 205 Å². The second-order valence-corrected chi connectivity index (χ2v) is 15.0. The van der Waals surface area contributed by atoms with Crippen LogP contribution in [-0.4, -0.2) is 9.97 Å². The van der Waals surface area contributed by atoms with E-state index >= 15 is 0 Å². The minimum absolute atomic E-state index is 0.137. The number of hydrogen-bond acceptors (Lipinski definition) is 2. The molecule has 2 heteroatoms. The molecule has 1 aliphatic rings. The van der Waals surface area contributed by atoms with E-state index in [-0.39, 0.29) is 5.41 Å². The van der Waals surface area contributed by atoms with Crippen molar-refractivity contribution in [1.82, 2.24) is 9.97 Å². The largest absolute Gasteiger partial charge is 0.228 e. The summed E-state index contributed by atoms with van der Waals surface area (Å²) >= 11 is 0. The van der Waals surface area contributed by atoms with Crippen LogP contribution in [0.25, 0.3) is 89.2 Å². The average Bonchev–Trinajstić information content (AvgIpc) is 3.48. The minimum atomic E-state index is -0.137. The molecule has 10 rings (SSSR count). The molecule has 1 aromatic heterocycles. The first-order chi connectivity index (χ1) is 27.0. The van der Waals surface area contributed by atoms with E-state index in [2.05, 4.69) is 202 Å². The van der Waals surface area contributed by atoms with Crippen LogP contribution in [0.1, 0.15) is 25.0 Å². The fourth-order valence-corrected chi connectivity index (χ4v) is 8.51. The zero-order chi connectivity index (χ0) is 36.9. The van der Waals surface area contributed by atoms with E-state index in [9.17, 15) is 0 Å². The normalized spacial score (nSPS) is 12.7. The van der Waals surface area contributed by atoms with E-state index in [1.165, 1.54) is 49.7 Å². The van der Waals surface area contributed by atoms with Crippen LogP contribution in [-0.2, 0) is 5.41 Å². The second kappa shape index (κ2) is 13.2. The number of nitrogens with zero attached hydrogens (tertiary/aromatic N) is 2. The molecular weight excluding hydrogens is 665 g/mol. The summed E-state index contributed by atoms with van der Waals surface area (Å²) in [5.74, 6) is 0.699. The Labute approximate surface area is 322 Å². The summed E-state index contributed by atoms with van der Waals surface area (Å²) in [6.07, 6.45) is 0. The molecule has 2 nitrogen and oxygen atoms in total. The number of aromatic nitrogens is 2. The van der Waals surface area contributed by atoms with Gasteiger partial charge in [-0.25, -0.2) is 9.97 Å². The highest BCUT2D eigenvalue weighted by Gasteiger charge is 2.37. The lowest BCUT2D eigenvalue weighted by molar-refractivity contribution is 0.661. The van der Waals surface area contributed by atoms with Crippen LogP contribution in [0.2, 0.25) is 0 Å². The van der Waals surface area contributed by atoms with Crippen molar-refractivity contribution < 1.29 is 0 Å². The molecule has 0 saturated carbocycles. The predicted molar refractivity (Wildman–Crippen MR) is 230 cm³/mol. The third-order valence-electron chi connectivity index (χ3n) is 11.3. The molecule has 1 aliphatic carbocycles. The first-order valence-electron chi connectivity index (χ1n) is 19.0. The van der Waals surface area contributed by atoms with Crippen molar-refractivity contribution in [1.29, 1.82) is 0 Å². The number of benzene rings is 8. The Kier molecular flexibility index (Phi) is 7.85. The van der Waals surface area contributed by atoms with Gasteiger partial charge in [-0.2, -0.15) is 0 Å². The number of fused-ring (bicyclic) bond motifs is 4. The third kappa shape index (κ3) is 5.66. The van der Waals surface area contributed by atoms with Crippen LogP contribution in [0.3, 0.4) is 0 Å². The Morgan fingerprint density at radius 2 is 0.873 bits per heavy atom. The molecule has 0 amide bonds. The average molecular weight is 703 g/mol. The second-order valence-electron chi connectivity index (χ2n) is 15.0. The van der Waals surface area contributed by atoms with E-state index in [0.717, 1.165) is 44.8 Å². The first-order valence-corrected chi connectivity index (χ1v) is 19.0. The molecular formula is C53H38N2. The Bertz CT molecular complexity index is 2870. The fourth-order valence-electron chi connectivity index (χ4n) is 8.51. The van der Waals surface area contributed by atoms with Gasteiger partial charge >= 0.3 is 0 Å². The van der Waals surface area contributed by atoms with Crippen molar-refractivity contribution in [2.75, 3.05) is 0 Å². The minimum Gasteiger partial charge on any atom is -0.228 e. The quantitative estimate of drug-likeness (QED) is 0.172. The van der Waals surface area contributed by atoms with Gasteiger partial charge in [-0.05, 0) is 90.7 Å². The maximum atomic E-state index is 5.35. The molecule has 0 fully saturated rings. The molecule has 0 spiro atoms. The van der Waals surface area contributed by atoms with Gasteiger partial charge in [-0.3, -0.25) is 0 Å². The SMILES string of the molecule is CC1(C)c2cc3ccccc3cc2-c2c(-c3ccccc3-c3cc(-c4ccc(-c5ccccc5)cc4-c4ccccc4)nc(-c4ccccc4)n3)cccc21. The molecule has 0 bridgehead atoms. The maximum absolute atomic E-state index is 5.35. The van der Waals surface area contributed by atoms with Gasteiger partial charge < -0.3 is 0 Å². The summed E-state index contributed by atoms with van der Waals surface area (Å²) in [6.45, 7) is 4.72. The zero-order valence-corrected chi connectivity index (χ0v) is 30.9. The summed E-state index contributed by atoms with van der Waals surface area (Å²) in [5, 5.41) is 2.53. The Balaban J connectivity index is 1.20. The van der Waals surface area contributed by atoms with Crippen molar-refractivity contribution in [2.24, 2.45) is 0 Å². The van der Waals surface area contributed by atoms with Gasteiger partial charge in [-0.1, -0.05) is 184 Å². The molecule has 9 aromatic rings. The molecule has 1 heterocycles. The molecule has 8 aromatic carbocycles. The van der Waals surface area contributed by atoms with Crippen molar-refractivity contribution in [3.8, 4) is 78.4 Å². The summed E-state index contributed by atoms with van der Waals surface area (Å²) in [4.78, 5) is 10.7. The van der Waals surface area contributed by atoms with Crippen LogP contribution in [0.15, 0.2) is 194 Å². The van der Waals surface area contributed by atoms with Crippen molar-refractivity contribution in [2.45, 2.75) is 19.3 Å². The molecule has 0 unspecified atom stereocenters. The molecule has 0 N–H and O–H groups in total. The highest BCUT2D eigenvalue weighted by molar-refractivity contribution is 6.01. The third-order valence-corrected chi connectivity index (χ3v) is 11.3. The van der Waals surface area contributed by atoms with E-state index in [0.29, 0.717) is 5.82 Å². The van der Waals surface area contributed by atoms with Crippen LogP contribution in [0.5, 0.6) is 0 Å². The number of rotatable bonds is 6. The lowest BCUT2D eigenvalue weighted by atomic mass is 9.81. The van der Waals surface area contributed by atoms with Crippen LogP contribution >= 0.6 is 0 Å². The summed E-state index contributed by atoms with van der Waals surface area (Å²) < 4.78 is 0. The van der Waals surface area contributed by atoms with Gasteiger partial charge in [-0.15, -0.1) is 0 Å². The van der Waals surface area contributed by atoms with Crippen LogP contribution in [0.4, 0.5) is 0 Å². The van der Waals surface area contributed by atoms with Gasteiger partial charge in [0, 0.05) is 22.1 Å². The summed E-state index contributed by atoms with van der Waals surface area (Å²) in [6, 6.07) is 69.6. The smallest absolute Gasteiger partial charge is 0.160 e. The van der Waals surface area contributed by atoms with Crippen molar-refractivity contribution >= 4 is 10.8 Å². The monoisotopic (exact) mass is 702 g/mol. The number of hydrogen-bond donors (Lipinski definition) is 0. The fraction of sp³-hybridized carbons (Fsp3) is 0.0566. The molecule has 260 valence electrons. The van der Waals surface area contributed by atoms with Gasteiger partial charge in [0.2, 0.25) is 0 Å². The van der Waals surface area contributed by atoms with Gasteiger partial charge in [0.25, 0.3) is 0 Å². The first kappa shape index (κ1) is 32.7. The lowest BCUT2D eigenvalue weighted by Crippen LogP contribution is -2.14. The molecule has 0 radical (unpaired) electrons. The Morgan fingerprint density at radius 3 is 1.56 bits per heavy atom. The molecule has 55 heavy (non-hydrogen) atoms. The van der Waals surface area contributed by atoms with Crippen LogP contribution in [0, 0.1) is 0 Å². The molecule has 0 atom stereocenters.